The van der Waals surface area contributed by atoms with E-state index in [0.29, 0.717) is 19.1 Å². The van der Waals surface area contributed by atoms with E-state index in [4.69, 9.17) is 9.47 Å². The number of benzene rings is 1. The Labute approximate surface area is 138 Å². The Balaban J connectivity index is 1.89. The van der Waals surface area contributed by atoms with Crippen LogP contribution in [0, 0.1) is 5.92 Å². The Morgan fingerprint density at radius 3 is 2.78 bits per heavy atom. The Bertz CT molecular complexity index is 525. The lowest BCUT2D eigenvalue weighted by atomic mass is 9.85. The van der Waals surface area contributed by atoms with Crippen molar-refractivity contribution in [3.8, 4) is 0 Å². The van der Waals surface area contributed by atoms with E-state index >= 15 is 0 Å². The van der Waals surface area contributed by atoms with Crippen LogP contribution in [0.5, 0.6) is 0 Å². The number of anilines is 1. The molecule has 0 fully saturated rings. The molecule has 0 radical (unpaired) electrons. The fourth-order valence-corrected chi connectivity index (χ4v) is 2.92. The molecule has 2 rings (SSSR count). The first-order valence-electron chi connectivity index (χ1n) is 8.19. The highest BCUT2D eigenvalue weighted by molar-refractivity contribution is 5.67. The average molecular weight is 320 g/mol. The van der Waals surface area contributed by atoms with Gasteiger partial charge in [-0.15, -0.1) is 0 Å². The molecule has 5 heteroatoms. The lowest BCUT2D eigenvalue weighted by Crippen LogP contribution is -2.41. The summed E-state index contributed by atoms with van der Waals surface area (Å²) in [4.78, 5) is 11.7. The van der Waals surface area contributed by atoms with Crippen LogP contribution in [-0.4, -0.2) is 38.0 Å². The third-order valence-corrected chi connectivity index (χ3v) is 3.94. The van der Waals surface area contributed by atoms with Gasteiger partial charge >= 0.3 is 6.09 Å². The minimum Gasteiger partial charge on any atom is -0.444 e. The van der Waals surface area contributed by atoms with Crippen molar-refractivity contribution in [2.45, 2.75) is 45.3 Å². The first kappa shape index (κ1) is 17.6. The number of para-hydroxylation sites is 1. The first-order chi connectivity index (χ1) is 10.9. The van der Waals surface area contributed by atoms with Crippen LogP contribution < -0.4 is 10.6 Å². The average Bonchev–Trinajstić information content (AvgIpc) is 2.46. The summed E-state index contributed by atoms with van der Waals surface area (Å²) in [5.74, 6) is 0.416. The highest BCUT2D eigenvalue weighted by Crippen LogP contribution is 2.30. The smallest absolute Gasteiger partial charge is 0.407 e. The number of carbonyl (C=O) groups is 1. The Hall–Kier alpha value is -1.75. The van der Waals surface area contributed by atoms with Gasteiger partial charge in [0.15, 0.2) is 0 Å². The molecule has 0 aromatic heterocycles. The zero-order valence-electron chi connectivity index (χ0n) is 14.5. The van der Waals surface area contributed by atoms with Crippen molar-refractivity contribution in [1.82, 2.24) is 5.32 Å². The quantitative estimate of drug-likeness (QED) is 0.874. The van der Waals surface area contributed by atoms with Crippen LogP contribution in [0.2, 0.25) is 0 Å². The summed E-state index contributed by atoms with van der Waals surface area (Å²) < 4.78 is 10.6. The van der Waals surface area contributed by atoms with Crippen molar-refractivity contribution in [2.24, 2.45) is 5.92 Å². The molecule has 0 saturated heterocycles. The normalized spacial score (nSPS) is 20.3. The molecule has 0 saturated carbocycles. The summed E-state index contributed by atoms with van der Waals surface area (Å²) in [6.07, 6.45) is 1.52. The monoisotopic (exact) mass is 320 g/mol. The maximum Gasteiger partial charge on any atom is 0.407 e. The lowest BCUT2D eigenvalue weighted by Gasteiger charge is -2.34. The number of nitrogens with one attached hydrogen (secondary N) is 2. The summed E-state index contributed by atoms with van der Waals surface area (Å²) in [6, 6.07) is 8.62. The van der Waals surface area contributed by atoms with E-state index in [2.05, 4.69) is 28.8 Å². The van der Waals surface area contributed by atoms with Crippen molar-refractivity contribution in [3.63, 3.8) is 0 Å². The molecule has 0 spiro atoms. The molecule has 5 nitrogen and oxygen atoms in total. The molecule has 2 N–H and O–H groups in total. The van der Waals surface area contributed by atoms with Crippen molar-refractivity contribution in [3.05, 3.63) is 29.8 Å². The van der Waals surface area contributed by atoms with Gasteiger partial charge in [-0.2, -0.15) is 0 Å². The van der Waals surface area contributed by atoms with Gasteiger partial charge in [0, 0.05) is 19.3 Å². The van der Waals surface area contributed by atoms with E-state index in [-0.39, 0.29) is 12.1 Å². The largest absolute Gasteiger partial charge is 0.444 e. The summed E-state index contributed by atoms with van der Waals surface area (Å²) in [5.41, 5.74) is 2.04. The fourth-order valence-electron chi connectivity index (χ4n) is 2.92. The summed E-state index contributed by atoms with van der Waals surface area (Å²) >= 11 is 0. The Morgan fingerprint density at radius 1 is 1.35 bits per heavy atom. The van der Waals surface area contributed by atoms with Gasteiger partial charge in [0.25, 0.3) is 0 Å². The maximum absolute atomic E-state index is 11.7. The highest BCUT2D eigenvalue weighted by Gasteiger charge is 2.27. The van der Waals surface area contributed by atoms with Crippen LogP contribution in [-0.2, 0) is 15.9 Å². The number of rotatable bonds is 5. The third kappa shape index (κ3) is 5.43. The molecule has 2 atom stereocenters. The minimum absolute atomic E-state index is 0.260. The van der Waals surface area contributed by atoms with Crippen molar-refractivity contribution in [1.29, 1.82) is 0 Å². The molecule has 0 bridgehead atoms. The van der Waals surface area contributed by atoms with Gasteiger partial charge in [-0.25, -0.2) is 4.79 Å². The number of amides is 1. The first-order valence-corrected chi connectivity index (χ1v) is 8.19. The van der Waals surface area contributed by atoms with Gasteiger partial charge in [-0.1, -0.05) is 18.2 Å². The van der Waals surface area contributed by atoms with E-state index in [1.807, 2.05) is 26.8 Å². The number of alkyl carbamates (subject to hydrolysis) is 1. The molecule has 0 unspecified atom stereocenters. The molecule has 1 aromatic carbocycles. The molecule has 1 amide bonds. The predicted octanol–water partition coefficient (Wildman–Crippen LogP) is 3.20. The van der Waals surface area contributed by atoms with Gasteiger partial charge in [-0.3, -0.25) is 0 Å². The van der Waals surface area contributed by atoms with Crippen molar-refractivity contribution < 1.29 is 14.3 Å². The van der Waals surface area contributed by atoms with Gasteiger partial charge in [-0.05, 0) is 51.2 Å². The van der Waals surface area contributed by atoms with Crippen LogP contribution in [0.1, 0.15) is 32.8 Å². The third-order valence-electron chi connectivity index (χ3n) is 3.94. The lowest BCUT2D eigenvalue weighted by molar-refractivity contribution is 0.0523. The van der Waals surface area contributed by atoms with Crippen LogP contribution >= 0.6 is 0 Å². The fraction of sp³-hybridized carbons (Fsp3) is 0.611. The Morgan fingerprint density at radius 2 is 2.09 bits per heavy atom. The number of hydrogen-bond acceptors (Lipinski definition) is 4. The number of ether oxygens (including phenoxy) is 2. The second-order valence-electron chi connectivity index (χ2n) is 7.04. The molecule has 1 aromatic rings. The van der Waals surface area contributed by atoms with Gasteiger partial charge in [0.2, 0.25) is 0 Å². The van der Waals surface area contributed by atoms with Crippen LogP contribution in [0.15, 0.2) is 24.3 Å². The number of hydrogen-bond donors (Lipinski definition) is 2. The second-order valence-corrected chi connectivity index (χ2v) is 7.04. The molecule has 1 aliphatic heterocycles. The topological polar surface area (TPSA) is 59.6 Å². The highest BCUT2D eigenvalue weighted by atomic mass is 16.6. The summed E-state index contributed by atoms with van der Waals surface area (Å²) in [6.45, 7) is 6.85. The second kappa shape index (κ2) is 7.68. The van der Waals surface area contributed by atoms with E-state index < -0.39 is 5.60 Å². The maximum atomic E-state index is 11.7. The van der Waals surface area contributed by atoms with Gasteiger partial charge in [0.1, 0.15) is 5.60 Å². The molecular formula is C18H28N2O3. The molecular weight excluding hydrogens is 292 g/mol. The zero-order valence-corrected chi connectivity index (χ0v) is 14.5. The predicted molar refractivity (Wildman–Crippen MR) is 91.8 cm³/mol. The molecule has 1 heterocycles. The molecule has 128 valence electrons. The standard InChI is InChI=1S/C18H28N2O3/c1-18(2,3)23-17(21)19-10-9-14-11-13-7-5-6-8-15(13)20-16(14)12-22-4/h5-8,14,16,20H,9-12H2,1-4H3,(H,19,21)/t14-,16-/m0/s1. The van der Waals surface area contributed by atoms with Crippen molar-refractivity contribution >= 4 is 11.8 Å². The van der Waals surface area contributed by atoms with Crippen LogP contribution in [0.25, 0.3) is 0 Å². The van der Waals surface area contributed by atoms with Crippen molar-refractivity contribution in [2.75, 3.05) is 25.6 Å². The number of methoxy groups -OCH3 is 1. The van der Waals surface area contributed by atoms with Crippen LogP contribution in [0.4, 0.5) is 10.5 Å². The Kier molecular flexibility index (Phi) is 5.88. The van der Waals surface area contributed by atoms with Crippen LogP contribution in [0.3, 0.4) is 0 Å². The molecule has 23 heavy (non-hydrogen) atoms. The van der Waals surface area contributed by atoms with E-state index in [0.717, 1.165) is 12.8 Å². The van der Waals surface area contributed by atoms with E-state index in [9.17, 15) is 4.79 Å². The van der Waals surface area contributed by atoms with E-state index in [1.54, 1.807) is 7.11 Å². The molecule has 1 aliphatic rings. The number of fused-ring (bicyclic) bond motifs is 1. The SMILES string of the molecule is COC[C@@H]1Nc2ccccc2C[C@@H]1CCNC(=O)OC(C)(C)C. The summed E-state index contributed by atoms with van der Waals surface area (Å²) in [5, 5.41) is 6.40. The van der Waals surface area contributed by atoms with Gasteiger partial charge < -0.3 is 20.1 Å². The summed E-state index contributed by atoms with van der Waals surface area (Å²) in [7, 11) is 1.72. The molecule has 0 aliphatic carbocycles. The minimum atomic E-state index is -0.464. The van der Waals surface area contributed by atoms with E-state index in [1.165, 1.54) is 11.3 Å². The number of carbonyl (C=O) groups excluding carboxylic acids is 1. The van der Waals surface area contributed by atoms with Gasteiger partial charge in [0.05, 0.1) is 12.6 Å². The zero-order chi connectivity index (χ0) is 16.9.